The molecule has 0 spiro atoms. The van der Waals surface area contributed by atoms with Crippen LogP contribution < -0.4 is 9.47 Å². The summed E-state index contributed by atoms with van der Waals surface area (Å²) in [5.74, 6) is 1.01. The van der Waals surface area contributed by atoms with Crippen LogP contribution in [0.25, 0.3) is 12.2 Å². The molecule has 0 N–H and O–H groups in total. The summed E-state index contributed by atoms with van der Waals surface area (Å²) in [6, 6.07) is 6.23. The maximum absolute atomic E-state index is 11.2. The lowest BCUT2D eigenvalue weighted by molar-refractivity contribution is -0.403. The Labute approximate surface area is 144 Å². The van der Waals surface area contributed by atoms with Crippen molar-refractivity contribution in [2.75, 3.05) is 6.79 Å². The van der Waals surface area contributed by atoms with E-state index in [0.29, 0.717) is 29.2 Å². The van der Waals surface area contributed by atoms with Gasteiger partial charge < -0.3 is 9.47 Å². The number of nitro benzene ring substituents is 3. The molecule has 0 amide bonds. The van der Waals surface area contributed by atoms with Crippen molar-refractivity contribution < 1.29 is 24.2 Å². The molecular formula is C15H9N3O8. The minimum Gasteiger partial charge on any atom is -0.454 e. The highest BCUT2D eigenvalue weighted by Crippen LogP contribution is 2.36. The predicted octanol–water partition coefficient (Wildman–Crippen LogP) is 3.31. The van der Waals surface area contributed by atoms with Crippen LogP contribution in [0.1, 0.15) is 11.1 Å². The monoisotopic (exact) mass is 359 g/mol. The van der Waals surface area contributed by atoms with Crippen LogP contribution in [0.15, 0.2) is 30.3 Å². The molecule has 1 heterocycles. The third kappa shape index (κ3) is 3.13. The molecule has 1 aliphatic heterocycles. The maximum Gasteiger partial charge on any atom is 0.290 e. The molecule has 0 aromatic heterocycles. The molecule has 3 rings (SSSR count). The van der Waals surface area contributed by atoms with Crippen molar-refractivity contribution >= 4 is 29.2 Å². The number of hydrogen-bond donors (Lipinski definition) is 0. The van der Waals surface area contributed by atoms with Crippen LogP contribution >= 0.6 is 0 Å². The number of non-ortho nitro benzene ring substituents is 1. The molecule has 0 saturated carbocycles. The molecule has 132 valence electrons. The molecule has 0 saturated heterocycles. The smallest absolute Gasteiger partial charge is 0.290 e. The second kappa shape index (κ2) is 6.47. The van der Waals surface area contributed by atoms with Crippen LogP contribution in [0.4, 0.5) is 17.1 Å². The zero-order valence-corrected chi connectivity index (χ0v) is 12.9. The van der Waals surface area contributed by atoms with E-state index >= 15 is 0 Å². The number of fused-ring (bicyclic) bond motifs is 1. The van der Waals surface area contributed by atoms with Crippen molar-refractivity contribution in [2.45, 2.75) is 0 Å². The summed E-state index contributed by atoms with van der Waals surface area (Å²) in [6.07, 6.45) is 2.57. The minimum absolute atomic E-state index is 0.0712. The van der Waals surface area contributed by atoms with Gasteiger partial charge in [0.05, 0.1) is 26.9 Å². The Morgan fingerprint density at radius 1 is 0.808 bits per heavy atom. The lowest BCUT2D eigenvalue weighted by Crippen LogP contribution is -2.00. The highest BCUT2D eigenvalue weighted by Gasteiger charge is 2.28. The van der Waals surface area contributed by atoms with Crippen LogP contribution in [-0.4, -0.2) is 21.6 Å². The molecule has 26 heavy (non-hydrogen) atoms. The van der Waals surface area contributed by atoms with E-state index in [1.807, 2.05) is 0 Å². The summed E-state index contributed by atoms with van der Waals surface area (Å²) in [6.45, 7) is 0.0712. The van der Waals surface area contributed by atoms with Crippen molar-refractivity contribution in [3.8, 4) is 11.5 Å². The number of benzene rings is 2. The minimum atomic E-state index is -0.925. The first-order chi connectivity index (χ1) is 12.4. The van der Waals surface area contributed by atoms with Crippen LogP contribution in [0.5, 0.6) is 11.5 Å². The van der Waals surface area contributed by atoms with Gasteiger partial charge in [0.1, 0.15) is 5.56 Å². The first kappa shape index (κ1) is 16.8. The van der Waals surface area contributed by atoms with E-state index in [1.54, 1.807) is 18.2 Å². The molecule has 1 aliphatic rings. The van der Waals surface area contributed by atoms with Crippen molar-refractivity contribution in [3.05, 3.63) is 71.8 Å². The molecule has 2 aromatic rings. The summed E-state index contributed by atoms with van der Waals surface area (Å²) in [5, 5.41) is 33.3. The standard InChI is InChI=1S/C15H9N3O8/c19-16(20)10-6-12(17(21)22)11(13(7-10)18(23)24)3-1-9-2-4-14-15(5-9)26-8-25-14/h1-7H,8H2/b3-1+. The Hall–Kier alpha value is -4.02. The lowest BCUT2D eigenvalue weighted by atomic mass is 10.1. The number of hydrogen-bond acceptors (Lipinski definition) is 8. The van der Waals surface area contributed by atoms with Gasteiger partial charge in [0.2, 0.25) is 6.79 Å². The maximum atomic E-state index is 11.2. The normalized spacial score (nSPS) is 12.3. The van der Waals surface area contributed by atoms with Gasteiger partial charge in [-0.3, -0.25) is 30.3 Å². The topological polar surface area (TPSA) is 148 Å². The van der Waals surface area contributed by atoms with Gasteiger partial charge in [0.15, 0.2) is 11.5 Å². The predicted molar refractivity (Wildman–Crippen MR) is 87.9 cm³/mol. The number of ether oxygens (including phenoxy) is 2. The summed E-state index contributed by atoms with van der Waals surface area (Å²) in [5.41, 5.74) is -1.99. The van der Waals surface area contributed by atoms with E-state index in [2.05, 4.69) is 0 Å². The molecule has 2 aromatic carbocycles. The fourth-order valence-electron chi connectivity index (χ4n) is 2.38. The van der Waals surface area contributed by atoms with Crippen molar-refractivity contribution in [3.63, 3.8) is 0 Å². The van der Waals surface area contributed by atoms with E-state index in [9.17, 15) is 30.3 Å². The molecule has 0 bridgehead atoms. The van der Waals surface area contributed by atoms with Crippen molar-refractivity contribution in [2.24, 2.45) is 0 Å². The van der Waals surface area contributed by atoms with Gasteiger partial charge in [-0.15, -0.1) is 0 Å². The number of nitrogens with zero attached hydrogens (tertiary/aromatic N) is 3. The number of rotatable bonds is 5. The zero-order chi connectivity index (χ0) is 18.8. The van der Waals surface area contributed by atoms with E-state index in [-0.39, 0.29) is 12.4 Å². The van der Waals surface area contributed by atoms with Crippen LogP contribution in [0.3, 0.4) is 0 Å². The highest BCUT2D eigenvalue weighted by atomic mass is 16.7. The molecule has 0 aliphatic carbocycles. The van der Waals surface area contributed by atoms with Gasteiger partial charge in [-0.05, 0) is 23.8 Å². The average molecular weight is 359 g/mol. The zero-order valence-electron chi connectivity index (χ0n) is 12.9. The van der Waals surface area contributed by atoms with Gasteiger partial charge >= 0.3 is 0 Å². The summed E-state index contributed by atoms with van der Waals surface area (Å²) in [4.78, 5) is 30.6. The van der Waals surface area contributed by atoms with Crippen molar-refractivity contribution in [1.29, 1.82) is 0 Å². The SMILES string of the molecule is O=[N+]([O-])c1cc([N+](=O)[O-])c(/C=C/c2ccc3c(c2)OCO3)c([N+](=O)[O-])c1. The van der Waals surface area contributed by atoms with Gasteiger partial charge in [-0.25, -0.2) is 0 Å². The molecule has 0 atom stereocenters. The van der Waals surface area contributed by atoms with Crippen LogP contribution in [-0.2, 0) is 0 Å². The molecule has 11 nitrogen and oxygen atoms in total. The summed E-state index contributed by atoms with van der Waals surface area (Å²) in [7, 11) is 0. The van der Waals surface area contributed by atoms with Crippen molar-refractivity contribution in [1.82, 2.24) is 0 Å². The van der Waals surface area contributed by atoms with Gasteiger partial charge in [-0.1, -0.05) is 12.1 Å². The molecular weight excluding hydrogens is 350 g/mol. The van der Waals surface area contributed by atoms with E-state index in [0.717, 1.165) is 6.08 Å². The van der Waals surface area contributed by atoms with Gasteiger partial charge in [0, 0.05) is 0 Å². The molecule has 11 heteroatoms. The Morgan fingerprint density at radius 2 is 1.42 bits per heavy atom. The quantitative estimate of drug-likeness (QED) is 0.448. The Morgan fingerprint density at radius 3 is 2.00 bits per heavy atom. The summed E-state index contributed by atoms with van der Waals surface area (Å²) >= 11 is 0. The van der Waals surface area contributed by atoms with Crippen LogP contribution in [0, 0.1) is 30.3 Å². The number of nitro groups is 3. The first-order valence-corrected chi connectivity index (χ1v) is 7.06. The highest BCUT2D eigenvalue weighted by molar-refractivity contribution is 5.81. The molecule has 0 fully saturated rings. The molecule has 0 radical (unpaired) electrons. The first-order valence-electron chi connectivity index (χ1n) is 7.06. The third-order valence-corrected chi connectivity index (χ3v) is 3.56. The fraction of sp³-hybridized carbons (Fsp3) is 0.0667. The van der Waals surface area contributed by atoms with E-state index < -0.39 is 31.8 Å². The molecule has 0 unspecified atom stereocenters. The summed E-state index contributed by atoms with van der Waals surface area (Å²) < 4.78 is 10.4. The third-order valence-electron chi connectivity index (χ3n) is 3.56. The second-order valence-electron chi connectivity index (χ2n) is 5.12. The van der Waals surface area contributed by atoms with Crippen LogP contribution in [0.2, 0.25) is 0 Å². The van der Waals surface area contributed by atoms with Gasteiger partial charge in [-0.2, -0.15) is 0 Å². The average Bonchev–Trinajstić information content (AvgIpc) is 3.06. The van der Waals surface area contributed by atoms with Gasteiger partial charge in [0.25, 0.3) is 17.1 Å². The lowest BCUT2D eigenvalue weighted by Gasteiger charge is -2.01. The Kier molecular flexibility index (Phi) is 4.19. The van der Waals surface area contributed by atoms with E-state index in [4.69, 9.17) is 9.47 Å². The largest absolute Gasteiger partial charge is 0.454 e. The Bertz CT molecular complexity index is 934. The van der Waals surface area contributed by atoms with E-state index in [1.165, 1.54) is 6.08 Å². The fourth-order valence-corrected chi connectivity index (χ4v) is 2.38. The second-order valence-corrected chi connectivity index (χ2v) is 5.12. The Balaban J connectivity index is 2.09.